The highest BCUT2D eigenvalue weighted by molar-refractivity contribution is 9.10. The third-order valence-electron chi connectivity index (χ3n) is 1.94. The topological polar surface area (TPSA) is 111 Å². The number of nitrogens with one attached hydrogen (secondary N) is 1. The number of nitrogens with zero attached hydrogens (tertiary/aromatic N) is 2. The predicted octanol–water partition coefficient (Wildman–Crippen LogP) is 1.46. The highest BCUT2D eigenvalue weighted by atomic mass is 79.9. The Labute approximate surface area is 116 Å². The van der Waals surface area contributed by atoms with Crippen molar-refractivity contribution in [3.63, 3.8) is 0 Å². The first kappa shape index (κ1) is 13.5. The molecule has 0 fully saturated rings. The van der Waals surface area contributed by atoms with Gasteiger partial charge in [-0.2, -0.15) is 0 Å². The van der Waals surface area contributed by atoms with Crippen molar-refractivity contribution in [3.8, 4) is 0 Å². The van der Waals surface area contributed by atoms with Crippen molar-refractivity contribution >= 4 is 42.4 Å². The fraction of sp³-hybridized carbons (Fsp3) is 0.250. The highest BCUT2D eigenvalue weighted by Crippen LogP contribution is 2.28. The van der Waals surface area contributed by atoms with Crippen molar-refractivity contribution < 1.29 is 12.8 Å². The van der Waals surface area contributed by atoms with Crippen molar-refractivity contribution in [2.75, 3.05) is 4.72 Å². The molecule has 2 aromatic rings. The molecule has 0 saturated carbocycles. The molecule has 3 N–H and O–H groups in total. The van der Waals surface area contributed by atoms with Crippen molar-refractivity contribution in [1.29, 1.82) is 0 Å². The number of aryl methyl sites for hydroxylation is 1. The fourth-order valence-electron chi connectivity index (χ4n) is 1.19. The van der Waals surface area contributed by atoms with Crippen LogP contribution in [0.1, 0.15) is 10.8 Å². The van der Waals surface area contributed by atoms with E-state index in [-0.39, 0.29) is 21.2 Å². The number of sulfonamides is 1. The zero-order valence-corrected chi connectivity index (χ0v) is 12.4. The minimum atomic E-state index is -3.76. The summed E-state index contributed by atoms with van der Waals surface area (Å²) in [5, 5.41) is 8.29. The zero-order chi connectivity index (χ0) is 13.3. The van der Waals surface area contributed by atoms with Gasteiger partial charge in [-0.15, -0.1) is 10.2 Å². The summed E-state index contributed by atoms with van der Waals surface area (Å²) in [4.78, 5) is -0.0178. The molecule has 0 bridgehead atoms. The molecule has 98 valence electrons. The van der Waals surface area contributed by atoms with Crippen LogP contribution in [0.15, 0.2) is 20.0 Å². The number of rotatable bonds is 4. The van der Waals surface area contributed by atoms with Crippen molar-refractivity contribution in [1.82, 2.24) is 10.2 Å². The molecule has 0 aromatic carbocycles. The second-order valence-electron chi connectivity index (χ2n) is 3.29. The van der Waals surface area contributed by atoms with Gasteiger partial charge < -0.3 is 10.2 Å². The minimum Gasteiger partial charge on any atom is -0.452 e. The molecule has 0 amide bonds. The lowest BCUT2D eigenvalue weighted by atomic mass is 10.5. The molecule has 0 unspecified atom stereocenters. The van der Waals surface area contributed by atoms with Crippen LogP contribution in [0.2, 0.25) is 0 Å². The summed E-state index contributed by atoms with van der Waals surface area (Å²) >= 11 is 4.18. The highest BCUT2D eigenvalue weighted by Gasteiger charge is 2.23. The maximum absolute atomic E-state index is 12.1. The van der Waals surface area contributed by atoms with E-state index in [1.165, 1.54) is 6.07 Å². The molecule has 2 heterocycles. The smallest absolute Gasteiger partial charge is 0.268 e. The number of nitrogens with two attached hydrogens (primary N) is 1. The molecule has 0 spiro atoms. The van der Waals surface area contributed by atoms with Gasteiger partial charge in [0.25, 0.3) is 10.0 Å². The normalized spacial score (nSPS) is 11.7. The molecule has 0 aliphatic heterocycles. The molecule has 0 radical (unpaired) electrons. The van der Waals surface area contributed by atoms with Crippen molar-refractivity contribution in [3.05, 3.63) is 21.5 Å². The van der Waals surface area contributed by atoms with E-state index in [9.17, 15) is 8.42 Å². The fourth-order valence-corrected chi connectivity index (χ4v) is 4.01. The SMILES string of the molecule is Cc1nnc(NS(=O)(=O)c2cc(CN)oc2Br)s1. The van der Waals surface area contributed by atoms with Crippen LogP contribution < -0.4 is 10.5 Å². The lowest BCUT2D eigenvalue weighted by molar-refractivity contribution is 0.484. The number of aromatic nitrogens is 2. The molecule has 0 saturated heterocycles. The van der Waals surface area contributed by atoms with E-state index in [2.05, 4.69) is 30.8 Å². The molecule has 18 heavy (non-hydrogen) atoms. The van der Waals surface area contributed by atoms with Gasteiger partial charge in [-0.3, -0.25) is 4.72 Å². The Balaban J connectivity index is 2.33. The maximum Gasteiger partial charge on any atom is 0.268 e. The Kier molecular flexibility index (Phi) is 3.71. The van der Waals surface area contributed by atoms with Gasteiger partial charge in [0, 0.05) is 6.07 Å². The zero-order valence-electron chi connectivity index (χ0n) is 9.18. The van der Waals surface area contributed by atoms with Gasteiger partial charge in [0.15, 0.2) is 4.67 Å². The summed E-state index contributed by atoms with van der Waals surface area (Å²) in [5.74, 6) is 0.371. The first-order valence-corrected chi connectivity index (χ1v) is 7.83. The molecule has 0 aliphatic carbocycles. The first-order valence-electron chi connectivity index (χ1n) is 4.73. The number of furan rings is 1. The van der Waals surface area contributed by atoms with Gasteiger partial charge in [0.2, 0.25) is 5.13 Å². The predicted molar refractivity (Wildman–Crippen MR) is 69.8 cm³/mol. The monoisotopic (exact) mass is 352 g/mol. The van der Waals surface area contributed by atoms with Gasteiger partial charge in [-0.05, 0) is 22.9 Å². The summed E-state index contributed by atoms with van der Waals surface area (Å²) in [6.07, 6.45) is 0. The van der Waals surface area contributed by atoms with Gasteiger partial charge in [0.1, 0.15) is 15.7 Å². The molecule has 2 aromatic heterocycles. The number of hydrogen-bond donors (Lipinski definition) is 2. The number of halogens is 1. The Hall–Kier alpha value is -0.970. The minimum absolute atomic E-state index is 0.0178. The third-order valence-corrected chi connectivity index (χ3v) is 5.02. The first-order chi connectivity index (χ1) is 8.42. The van der Waals surface area contributed by atoms with E-state index in [0.29, 0.717) is 10.8 Å². The lowest BCUT2D eigenvalue weighted by Crippen LogP contribution is -2.12. The van der Waals surface area contributed by atoms with E-state index in [0.717, 1.165) is 11.3 Å². The molecular weight excluding hydrogens is 344 g/mol. The lowest BCUT2D eigenvalue weighted by Gasteiger charge is -2.01. The van der Waals surface area contributed by atoms with Crippen LogP contribution in [-0.2, 0) is 16.6 Å². The van der Waals surface area contributed by atoms with Crippen LogP contribution >= 0.6 is 27.3 Å². The molecule has 7 nitrogen and oxygen atoms in total. The molecule has 0 atom stereocenters. The van der Waals surface area contributed by atoms with Crippen molar-refractivity contribution in [2.45, 2.75) is 18.4 Å². The molecule has 0 aliphatic rings. The van der Waals surface area contributed by atoms with E-state index in [1.807, 2.05) is 0 Å². The van der Waals surface area contributed by atoms with Crippen LogP contribution in [0, 0.1) is 6.92 Å². The Bertz CT molecular complexity index is 664. The van der Waals surface area contributed by atoms with Gasteiger partial charge >= 0.3 is 0 Å². The van der Waals surface area contributed by atoms with Crippen LogP contribution in [0.25, 0.3) is 0 Å². The van der Waals surface area contributed by atoms with Gasteiger partial charge in [-0.25, -0.2) is 8.42 Å². The third kappa shape index (κ3) is 2.71. The number of anilines is 1. The Morgan fingerprint density at radius 1 is 1.56 bits per heavy atom. The molecule has 10 heteroatoms. The van der Waals surface area contributed by atoms with Crippen LogP contribution in [0.4, 0.5) is 5.13 Å². The summed E-state index contributed by atoms with van der Waals surface area (Å²) in [6.45, 7) is 1.85. The summed E-state index contributed by atoms with van der Waals surface area (Å²) in [6, 6.07) is 1.36. The second-order valence-corrected chi connectivity index (χ2v) is 6.84. The van der Waals surface area contributed by atoms with Crippen LogP contribution in [-0.4, -0.2) is 18.6 Å². The van der Waals surface area contributed by atoms with Crippen LogP contribution in [0.3, 0.4) is 0 Å². The van der Waals surface area contributed by atoms with Crippen molar-refractivity contribution in [2.24, 2.45) is 5.73 Å². The average molecular weight is 353 g/mol. The summed E-state index contributed by atoms with van der Waals surface area (Å²) < 4.78 is 31.7. The quantitative estimate of drug-likeness (QED) is 0.861. The average Bonchev–Trinajstić information content (AvgIpc) is 2.84. The van der Waals surface area contributed by atoms with E-state index >= 15 is 0 Å². The van der Waals surface area contributed by atoms with Crippen LogP contribution in [0.5, 0.6) is 0 Å². The standard InChI is InChI=1S/C8H9BrN4O3S2/c1-4-11-12-8(17-4)13-18(14,15)6-2-5(3-10)16-7(6)9/h2H,3,10H2,1H3,(H,12,13). The maximum atomic E-state index is 12.1. The Morgan fingerprint density at radius 3 is 2.78 bits per heavy atom. The van der Waals surface area contributed by atoms with E-state index in [4.69, 9.17) is 10.2 Å². The summed E-state index contributed by atoms with van der Waals surface area (Å²) in [7, 11) is -3.76. The van der Waals surface area contributed by atoms with E-state index in [1.54, 1.807) is 6.92 Å². The molecular formula is C8H9BrN4O3S2. The molecule has 2 rings (SSSR count). The van der Waals surface area contributed by atoms with E-state index < -0.39 is 10.0 Å². The second kappa shape index (κ2) is 4.96. The summed E-state index contributed by atoms with van der Waals surface area (Å²) in [5.41, 5.74) is 5.38. The van der Waals surface area contributed by atoms with Gasteiger partial charge in [0.05, 0.1) is 6.54 Å². The van der Waals surface area contributed by atoms with Gasteiger partial charge in [-0.1, -0.05) is 11.3 Å². The Morgan fingerprint density at radius 2 is 2.28 bits per heavy atom. The number of hydrogen-bond acceptors (Lipinski definition) is 7. The largest absolute Gasteiger partial charge is 0.452 e.